The van der Waals surface area contributed by atoms with Crippen molar-refractivity contribution in [2.24, 2.45) is 0 Å². The standard InChI is InChI=1S/C30H43F2N9O2/c1-21(29(42)40(13-7-12-37(2)3)22-10-14-38(4)15-11-22)33-30-35-25(39-16-18-43-19-17-39)20-26(36-30)41-24-9-6-5-8-23(24)34-28(41)27(31)32/h5-6,8-9,20-22,27H,7,10-19H2,1-4H3,(H,33,35,36)/t21-/m0/s1. The van der Waals surface area contributed by atoms with Gasteiger partial charge in [-0.05, 0) is 79.1 Å². The van der Waals surface area contributed by atoms with Gasteiger partial charge in [0.2, 0.25) is 11.9 Å². The van der Waals surface area contributed by atoms with Crippen molar-refractivity contribution in [1.29, 1.82) is 0 Å². The number of hydrogen-bond donors (Lipinski definition) is 1. The number of likely N-dealkylation sites (tertiary alicyclic amines) is 1. The largest absolute Gasteiger partial charge is 0.378 e. The van der Waals surface area contributed by atoms with E-state index in [2.05, 4.69) is 32.1 Å². The second-order valence-corrected chi connectivity index (χ2v) is 11.7. The molecule has 0 aliphatic carbocycles. The molecule has 3 aromatic rings. The number of imidazole rings is 1. The number of rotatable bonds is 11. The predicted molar refractivity (Wildman–Crippen MR) is 163 cm³/mol. The number of amides is 1. The molecule has 2 aromatic heterocycles. The number of nitrogens with one attached hydrogen (secondary N) is 1. The molecule has 13 heteroatoms. The number of carbonyl (C=O) groups is 1. The molecule has 5 rings (SSSR count). The van der Waals surface area contributed by atoms with Gasteiger partial charge in [0.1, 0.15) is 17.7 Å². The van der Waals surface area contributed by atoms with Gasteiger partial charge in [-0.1, -0.05) is 12.1 Å². The molecule has 2 aliphatic heterocycles. The van der Waals surface area contributed by atoms with E-state index >= 15 is 0 Å². The minimum Gasteiger partial charge on any atom is -0.378 e. The Bertz CT molecular complexity index is 1370. The SMILES string of the molecule is C[C@H](Nc1nc(N2CCOCC2)cc(-n2c(C(F)F)nc3ccccc32)n1)C(=O)N(CCCN(C)C)C1CCN(C)CC1. The Kier molecular flexibility index (Phi) is 10.0. The van der Waals surface area contributed by atoms with Gasteiger partial charge in [0, 0.05) is 31.7 Å². The van der Waals surface area contributed by atoms with Crippen molar-refractivity contribution in [3.05, 3.63) is 36.2 Å². The number of alkyl halides is 2. The Labute approximate surface area is 251 Å². The van der Waals surface area contributed by atoms with Gasteiger partial charge in [-0.25, -0.2) is 13.8 Å². The highest BCUT2D eigenvalue weighted by atomic mass is 19.3. The van der Waals surface area contributed by atoms with Crippen LogP contribution >= 0.6 is 0 Å². The van der Waals surface area contributed by atoms with E-state index in [4.69, 9.17) is 9.72 Å². The number of hydrogen-bond acceptors (Lipinski definition) is 9. The van der Waals surface area contributed by atoms with Crippen LogP contribution in [0.25, 0.3) is 16.9 Å². The van der Waals surface area contributed by atoms with Crippen molar-refractivity contribution in [2.75, 3.05) is 83.8 Å². The molecule has 234 valence electrons. The summed E-state index contributed by atoms with van der Waals surface area (Å²) in [4.78, 5) is 36.1. The molecule has 2 fully saturated rings. The third kappa shape index (κ3) is 7.39. The summed E-state index contributed by atoms with van der Waals surface area (Å²) in [5.41, 5.74) is 0.975. The molecular weight excluding hydrogens is 556 g/mol. The number of fused-ring (bicyclic) bond motifs is 1. The Morgan fingerprint density at radius 1 is 1.05 bits per heavy atom. The van der Waals surface area contributed by atoms with E-state index in [0.717, 1.165) is 38.9 Å². The first-order chi connectivity index (χ1) is 20.7. The van der Waals surface area contributed by atoms with Crippen LogP contribution in [-0.4, -0.2) is 126 Å². The fourth-order valence-corrected chi connectivity index (χ4v) is 5.83. The number of benzene rings is 1. The lowest BCUT2D eigenvalue weighted by Crippen LogP contribution is -2.51. The number of anilines is 2. The highest BCUT2D eigenvalue weighted by molar-refractivity contribution is 5.84. The summed E-state index contributed by atoms with van der Waals surface area (Å²) in [5, 5.41) is 3.23. The van der Waals surface area contributed by atoms with Crippen molar-refractivity contribution in [2.45, 2.75) is 44.7 Å². The number of halogens is 2. The van der Waals surface area contributed by atoms with E-state index in [9.17, 15) is 13.6 Å². The molecule has 1 amide bonds. The lowest BCUT2D eigenvalue weighted by atomic mass is 10.0. The van der Waals surface area contributed by atoms with Crippen molar-refractivity contribution >= 4 is 28.7 Å². The van der Waals surface area contributed by atoms with E-state index < -0.39 is 18.3 Å². The number of aromatic nitrogens is 4. The van der Waals surface area contributed by atoms with Gasteiger partial charge in [0.15, 0.2) is 5.82 Å². The fourth-order valence-electron chi connectivity index (χ4n) is 5.83. The Balaban J connectivity index is 1.47. The molecule has 2 aliphatic rings. The molecule has 0 radical (unpaired) electrons. The lowest BCUT2D eigenvalue weighted by molar-refractivity contribution is -0.135. The minimum atomic E-state index is -2.81. The first kappa shape index (κ1) is 31.0. The summed E-state index contributed by atoms with van der Waals surface area (Å²) < 4.78 is 35.4. The maximum atomic E-state index is 14.2. The smallest absolute Gasteiger partial charge is 0.296 e. The molecule has 4 heterocycles. The maximum Gasteiger partial charge on any atom is 0.296 e. The van der Waals surface area contributed by atoms with Crippen LogP contribution in [-0.2, 0) is 9.53 Å². The van der Waals surface area contributed by atoms with Gasteiger partial charge in [0.05, 0.1) is 24.2 Å². The average Bonchev–Trinajstić information content (AvgIpc) is 3.40. The highest BCUT2D eigenvalue weighted by Gasteiger charge is 2.30. The monoisotopic (exact) mass is 599 g/mol. The summed E-state index contributed by atoms with van der Waals surface area (Å²) in [7, 11) is 6.17. The molecule has 0 saturated carbocycles. The zero-order valence-electron chi connectivity index (χ0n) is 25.5. The quantitative estimate of drug-likeness (QED) is 0.357. The summed E-state index contributed by atoms with van der Waals surface area (Å²) in [6.45, 7) is 7.54. The van der Waals surface area contributed by atoms with Crippen molar-refractivity contribution in [3.8, 4) is 5.82 Å². The van der Waals surface area contributed by atoms with Crippen LogP contribution in [0, 0.1) is 0 Å². The zero-order valence-corrected chi connectivity index (χ0v) is 25.5. The van der Waals surface area contributed by atoms with Gasteiger partial charge in [-0.2, -0.15) is 9.97 Å². The second kappa shape index (κ2) is 13.9. The van der Waals surface area contributed by atoms with E-state index in [0.29, 0.717) is 49.7 Å². The molecule has 0 bridgehead atoms. The predicted octanol–water partition coefficient (Wildman–Crippen LogP) is 3.26. The van der Waals surface area contributed by atoms with Crippen LogP contribution in [0.15, 0.2) is 30.3 Å². The zero-order chi connectivity index (χ0) is 30.5. The average molecular weight is 600 g/mol. The molecule has 43 heavy (non-hydrogen) atoms. The fraction of sp³-hybridized carbons (Fsp3) is 0.600. The molecule has 1 aromatic carbocycles. The van der Waals surface area contributed by atoms with Crippen molar-refractivity contribution < 1.29 is 18.3 Å². The van der Waals surface area contributed by atoms with E-state index in [1.165, 1.54) is 4.57 Å². The van der Waals surface area contributed by atoms with Gasteiger partial charge in [-0.15, -0.1) is 0 Å². The molecule has 1 N–H and O–H groups in total. The van der Waals surface area contributed by atoms with Gasteiger partial charge in [0.25, 0.3) is 6.43 Å². The molecule has 11 nitrogen and oxygen atoms in total. The minimum absolute atomic E-state index is 0.0171. The summed E-state index contributed by atoms with van der Waals surface area (Å²) in [6.07, 6.45) is -0.0892. The topological polar surface area (TPSA) is 94.9 Å². The number of morpholine rings is 1. The van der Waals surface area contributed by atoms with Gasteiger partial charge in [-0.3, -0.25) is 9.36 Å². The third-order valence-electron chi connectivity index (χ3n) is 8.18. The van der Waals surface area contributed by atoms with Crippen molar-refractivity contribution in [1.82, 2.24) is 34.2 Å². The van der Waals surface area contributed by atoms with Crippen LogP contribution in [0.4, 0.5) is 20.5 Å². The lowest BCUT2D eigenvalue weighted by Gasteiger charge is -2.39. The van der Waals surface area contributed by atoms with Crippen molar-refractivity contribution in [3.63, 3.8) is 0 Å². The Hall–Kier alpha value is -3.42. The first-order valence-electron chi connectivity index (χ1n) is 15.1. The highest BCUT2D eigenvalue weighted by Crippen LogP contribution is 2.29. The van der Waals surface area contributed by atoms with Crippen LogP contribution in [0.5, 0.6) is 0 Å². The number of nitrogens with zero attached hydrogens (tertiary/aromatic N) is 8. The first-order valence-corrected chi connectivity index (χ1v) is 15.1. The Morgan fingerprint density at radius 3 is 2.44 bits per heavy atom. The number of ether oxygens (including phenoxy) is 1. The summed E-state index contributed by atoms with van der Waals surface area (Å²) >= 11 is 0. The van der Waals surface area contributed by atoms with Crippen LogP contribution in [0.1, 0.15) is 38.4 Å². The van der Waals surface area contributed by atoms with Crippen LogP contribution in [0.2, 0.25) is 0 Å². The Morgan fingerprint density at radius 2 is 1.74 bits per heavy atom. The molecule has 2 saturated heterocycles. The summed E-state index contributed by atoms with van der Waals surface area (Å²) in [5.74, 6) is 0.635. The van der Waals surface area contributed by atoms with E-state index in [1.807, 2.05) is 30.8 Å². The van der Waals surface area contributed by atoms with Crippen LogP contribution in [0.3, 0.4) is 0 Å². The third-order valence-corrected chi connectivity index (χ3v) is 8.18. The summed E-state index contributed by atoms with van der Waals surface area (Å²) in [6, 6.07) is 8.25. The molecule has 0 spiro atoms. The van der Waals surface area contributed by atoms with Crippen LogP contribution < -0.4 is 10.2 Å². The van der Waals surface area contributed by atoms with Gasteiger partial charge >= 0.3 is 0 Å². The number of para-hydroxylation sites is 2. The number of piperidine rings is 1. The number of carbonyl (C=O) groups excluding carboxylic acids is 1. The maximum absolute atomic E-state index is 14.2. The molecule has 1 atom stereocenters. The van der Waals surface area contributed by atoms with E-state index in [-0.39, 0.29) is 23.7 Å². The molecule has 0 unspecified atom stereocenters. The van der Waals surface area contributed by atoms with E-state index in [1.54, 1.807) is 30.3 Å². The van der Waals surface area contributed by atoms with Gasteiger partial charge < -0.3 is 29.7 Å². The second-order valence-electron chi connectivity index (χ2n) is 11.7. The molecular formula is C30H43F2N9O2. The normalized spacial score (nSPS) is 17.6.